The van der Waals surface area contributed by atoms with Gasteiger partial charge in [0.25, 0.3) is 5.91 Å². The number of nitrogens with zero attached hydrogens (tertiary/aromatic N) is 3. The summed E-state index contributed by atoms with van der Waals surface area (Å²) in [5.41, 5.74) is 0.563. The molecule has 4 atom stereocenters. The van der Waals surface area contributed by atoms with Gasteiger partial charge in [-0.25, -0.2) is 9.37 Å². The quantitative estimate of drug-likeness (QED) is 0.348. The van der Waals surface area contributed by atoms with Crippen molar-refractivity contribution in [3.05, 3.63) is 89.8 Å². The maximum atomic E-state index is 13.9. The van der Waals surface area contributed by atoms with Gasteiger partial charge in [0.05, 0.1) is 43.4 Å². The third kappa shape index (κ3) is 7.00. The van der Waals surface area contributed by atoms with Crippen molar-refractivity contribution in [2.24, 2.45) is 0 Å². The Balaban J connectivity index is 1.37. The number of amides is 1. The molecule has 0 bridgehead atoms. The molecule has 10 heteroatoms. The summed E-state index contributed by atoms with van der Waals surface area (Å²) in [6, 6.07) is 15.6. The molecule has 1 unspecified atom stereocenters. The SMILES string of the molecule is CC1(C)O[C@@H]2C[C@@](OCc3cccc(F)c3)(C(=O)NCCCn3ccnc3)CC(OCc3ccccc3C#N)[C@@H]2O1. The van der Waals surface area contributed by atoms with Gasteiger partial charge in [-0.1, -0.05) is 30.3 Å². The summed E-state index contributed by atoms with van der Waals surface area (Å²) < 4.78 is 41.2. The Morgan fingerprint density at radius 2 is 2.05 bits per heavy atom. The van der Waals surface area contributed by atoms with Crippen LogP contribution in [0.4, 0.5) is 4.39 Å². The third-order valence-electron chi connectivity index (χ3n) is 7.50. The van der Waals surface area contributed by atoms with Gasteiger partial charge in [0.2, 0.25) is 0 Å². The van der Waals surface area contributed by atoms with Crippen LogP contribution in [0.3, 0.4) is 0 Å². The van der Waals surface area contributed by atoms with Crippen LogP contribution >= 0.6 is 0 Å². The minimum atomic E-state index is -1.31. The maximum Gasteiger partial charge on any atom is 0.252 e. The van der Waals surface area contributed by atoms with Gasteiger partial charge in [-0.3, -0.25) is 4.79 Å². The molecule has 1 aliphatic carbocycles. The summed E-state index contributed by atoms with van der Waals surface area (Å²) in [4.78, 5) is 18.0. The topological polar surface area (TPSA) is 108 Å². The molecule has 1 saturated carbocycles. The van der Waals surface area contributed by atoms with E-state index in [2.05, 4.69) is 16.4 Å². The van der Waals surface area contributed by atoms with Gasteiger partial charge in [0, 0.05) is 38.3 Å². The van der Waals surface area contributed by atoms with Crippen molar-refractivity contribution in [1.29, 1.82) is 5.26 Å². The molecular formula is C31H35FN4O5. The van der Waals surface area contributed by atoms with E-state index >= 15 is 0 Å². The second kappa shape index (κ2) is 12.5. The lowest BCUT2D eigenvalue weighted by molar-refractivity contribution is -0.183. The molecule has 1 aliphatic heterocycles. The lowest BCUT2D eigenvalue weighted by Gasteiger charge is -2.43. The van der Waals surface area contributed by atoms with Crippen molar-refractivity contribution in [3.8, 4) is 6.07 Å². The van der Waals surface area contributed by atoms with Gasteiger partial charge in [-0.2, -0.15) is 5.26 Å². The van der Waals surface area contributed by atoms with Crippen molar-refractivity contribution >= 4 is 5.91 Å². The van der Waals surface area contributed by atoms with Gasteiger partial charge in [0.1, 0.15) is 11.9 Å². The summed E-state index contributed by atoms with van der Waals surface area (Å²) in [6.45, 7) is 4.99. The molecular weight excluding hydrogens is 527 g/mol. The number of carbonyl (C=O) groups excluding carboxylic acids is 1. The minimum absolute atomic E-state index is 0.0336. The summed E-state index contributed by atoms with van der Waals surface area (Å²) in [6.07, 6.45) is 5.00. The van der Waals surface area contributed by atoms with Crippen LogP contribution in [-0.4, -0.2) is 51.7 Å². The van der Waals surface area contributed by atoms with E-state index in [1.54, 1.807) is 36.8 Å². The van der Waals surface area contributed by atoms with E-state index in [0.29, 0.717) is 30.6 Å². The highest BCUT2D eigenvalue weighted by Crippen LogP contribution is 2.44. The molecule has 1 amide bonds. The number of aryl methyl sites for hydroxylation is 1. The molecule has 3 aromatic rings. The van der Waals surface area contributed by atoms with Crippen LogP contribution in [0.5, 0.6) is 0 Å². The molecule has 216 valence electrons. The van der Waals surface area contributed by atoms with Gasteiger partial charge in [-0.05, 0) is 49.6 Å². The van der Waals surface area contributed by atoms with Crippen LogP contribution in [0.25, 0.3) is 0 Å². The van der Waals surface area contributed by atoms with Gasteiger partial charge < -0.3 is 28.8 Å². The summed E-state index contributed by atoms with van der Waals surface area (Å²) >= 11 is 0. The number of nitrogens with one attached hydrogen (secondary N) is 1. The highest BCUT2D eigenvalue weighted by molar-refractivity contribution is 5.85. The van der Waals surface area contributed by atoms with Crippen molar-refractivity contribution in [2.75, 3.05) is 6.54 Å². The van der Waals surface area contributed by atoms with Gasteiger partial charge in [-0.15, -0.1) is 0 Å². The number of rotatable bonds is 11. The van der Waals surface area contributed by atoms with Crippen LogP contribution in [0.15, 0.2) is 67.3 Å². The number of halogens is 1. The Morgan fingerprint density at radius 1 is 1.20 bits per heavy atom. The van der Waals surface area contributed by atoms with Crippen molar-refractivity contribution in [3.63, 3.8) is 0 Å². The molecule has 5 rings (SSSR count). The van der Waals surface area contributed by atoms with E-state index < -0.39 is 29.7 Å². The van der Waals surface area contributed by atoms with E-state index in [4.69, 9.17) is 18.9 Å². The fourth-order valence-corrected chi connectivity index (χ4v) is 5.55. The van der Waals surface area contributed by atoms with E-state index in [1.807, 2.05) is 36.7 Å². The molecule has 9 nitrogen and oxygen atoms in total. The largest absolute Gasteiger partial charge is 0.371 e. The van der Waals surface area contributed by atoms with Crippen LogP contribution in [0, 0.1) is 17.1 Å². The monoisotopic (exact) mass is 562 g/mol. The average molecular weight is 563 g/mol. The van der Waals surface area contributed by atoms with Crippen LogP contribution in [0.1, 0.15) is 49.8 Å². The molecule has 1 aromatic heterocycles. The molecule has 0 spiro atoms. The first-order chi connectivity index (χ1) is 19.8. The average Bonchev–Trinajstić information content (AvgIpc) is 3.59. The predicted octanol–water partition coefficient (Wildman–Crippen LogP) is 4.26. The van der Waals surface area contributed by atoms with E-state index in [9.17, 15) is 14.4 Å². The van der Waals surface area contributed by atoms with E-state index in [1.165, 1.54) is 12.1 Å². The van der Waals surface area contributed by atoms with Crippen molar-refractivity contribution in [2.45, 2.75) is 82.6 Å². The number of hydrogen-bond donors (Lipinski definition) is 1. The second-order valence-electron chi connectivity index (χ2n) is 11.0. The summed E-state index contributed by atoms with van der Waals surface area (Å²) in [7, 11) is 0. The molecule has 2 aliphatic rings. The Labute approximate surface area is 239 Å². The fraction of sp³-hybridized carbons (Fsp3) is 0.452. The molecule has 1 saturated heterocycles. The number of nitriles is 1. The molecule has 0 radical (unpaired) electrons. The number of hydrogen-bond acceptors (Lipinski definition) is 7. The van der Waals surface area contributed by atoms with E-state index in [0.717, 1.165) is 5.56 Å². The standard InChI is InChI=1S/C31H35FN4O5/c1-30(2)40-27-17-31(39-19-22-7-5-10-25(32)15-22,29(37)35-11-6-13-36-14-12-34-21-36)16-26(28(27)41-30)38-20-24-9-4-3-8-23(24)18-33/h3-5,7-10,12,14-15,21,26-28H,6,11,13,16-17,19-20H2,1-2H3,(H,35,37)/t26?,27-,28+,31-/m1/s1. The zero-order valence-corrected chi connectivity index (χ0v) is 23.3. The molecule has 2 heterocycles. The highest BCUT2D eigenvalue weighted by Gasteiger charge is 2.58. The Morgan fingerprint density at radius 3 is 2.83 bits per heavy atom. The fourth-order valence-electron chi connectivity index (χ4n) is 5.55. The van der Waals surface area contributed by atoms with Crippen LogP contribution in [-0.2, 0) is 43.5 Å². The van der Waals surface area contributed by atoms with Gasteiger partial charge in [0.15, 0.2) is 11.4 Å². The van der Waals surface area contributed by atoms with E-state index in [-0.39, 0.29) is 37.8 Å². The summed E-state index contributed by atoms with van der Waals surface area (Å²) in [5, 5.41) is 12.6. The number of benzene rings is 2. The molecule has 2 aromatic carbocycles. The second-order valence-corrected chi connectivity index (χ2v) is 11.0. The Bertz CT molecular complexity index is 1370. The van der Waals surface area contributed by atoms with Gasteiger partial charge >= 0.3 is 0 Å². The normalized spacial score (nSPS) is 24.9. The zero-order chi connectivity index (χ0) is 28.9. The molecule has 2 fully saturated rings. The highest BCUT2D eigenvalue weighted by atomic mass is 19.1. The van der Waals surface area contributed by atoms with Crippen LogP contribution < -0.4 is 5.32 Å². The first-order valence-corrected chi connectivity index (χ1v) is 13.8. The summed E-state index contributed by atoms with van der Waals surface area (Å²) in [5.74, 6) is -1.53. The minimum Gasteiger partial charge on any atom is -0.371 e. The Hall–Kier alpha value is -3.62. The molecule has 1 N–H and O–H groups in total. The van der Waals surface area contributed by atoms with Crippen molar-refractivity contribution < 1.29 is 28.1 Å². The van der Waals surface area contributed by atoms with Crippen molar-refractivity contribution in [1.82, 2.24) is 14.9 Å². The maximum absolute atomic E-state index is 13.9. The lowest BCUT2D eigenvalue weighted by Crippen LogP contribution is -2.60. The zero-order valence-electron chi connectivity index (χ0n) is 23.3. The number of fused-ring (bicyclic) bond motifs is 1. The third-order valence-corrected chi connectivity index (χ3v) is 7.50. The lowest BCUT2D eigenvalue weighted by atomic mass is 9.78. The smallest absolute Gasteiger partial charge is 0.252 e. The number of ether oxygens (including phenoxy) is 4. The molecule has 41 heavy (non-hydrogen) atoms. The predicted molar refractivity (Wildman–Crippen MR) is 147 cm³/mol. The van der Waals surface area contributed by atoms with Crippen LogP contribution in [0.2, 0.25) is 0 Å². The first-order valence-electron chi connectivity index (χ1n) is 13.8. The number of carbonyl (C=O) groups is 1. The Kier molecular flexibility index (Phi) is 8.80. The first kappa shape index (κ1) is 28.9. The number of imidazole rings is 1. The number of aromatic nitrogens is 2.